The maximum atomic E-state index is 11.0. The van der Waals surface area contributed by atoms with E-state index in [1.807, 2.05) is 60.7 Å². The Labute approximate surface area is 150 Å². The van der Waals surface area contributed by atoms with E-state index in [0.717, 1.165) is 28.0 Å². The van der Waals surface area contributed by atoms with Crippen LogP contribution in [0.4, 0.5) is 5.69 Å². The summed E-state index contributed by atoms with van der Waals surface area (Å²) in [7, 11) is 0. The number of para-hydroxylation sites is 2. The molecular weight excluding hydrogens is 326 g/mol. The first-order chi connectivity index (χ1) is 12.6. The van der Waals surface area contributed by atoms with Crippen molar-refractivity contribution in [3.8, 4) is 11.4 Å². The molecule has 3 N–H and O–H groups in total. The first kappa shape index (κ1) is 15.9. The monoisotopic (exact) mass is 343 g/mol. The number of aromatic carboxylic acids is 1. The molecule has 0 fully saturated rings. The lowest BCUT2D eigenvalue weighted by molar-refractivity contribution is 0.0697. The van der Waals surface area contributed by atoms with Gasteiger partial charge in [-0.1, -0.05) is 36.4 Å². The van der Waals surface area contributed by atoms with Crippen LogP contribution < -0.4 is 5.73 Å². The van der Waals surface area contributed by atoms with Crippen molar-refractivity contribution < 1.29 is 9.90 Å². The summed E-state index contributed by atoms with van der Waals surface area (Å²) >= 11 is 0. The molecule has 1 heterocycles. The molecule has 0 saturated heterocycles. The molecule has 0 amide bonds. The first-order valence-electron chi connectivity index (χ1n) is 8.25. The predicted molar refractivity (Wildman–Crippen MR) is 102 cm³/mol. The van der Waals surface area contributed by atoms with E-state index >= 15 is 0 Å². The Balaban J connectivity index is 1.82. The minimum atomic E-state index is -0.926. The van der Waals surface area contributed by atoms with E-state index in [4.69, 9.17) is 15.8 Å². The third-order valence-corrected chi connectivity index (χ3v) is 4.34. The van der Waals surface area contributed by atoms with Gasteiger partial charge in [0, 0.05) is 17.8 Å². The minimum Gasteiger partial charge on any atom is -0.478 e. The Bertz CT molecular complexity index is 1100. The van der Waals surface area contributed by atoms with Crippen LogP contribution in [0.15, 0.2) is 72.8 Å². The molecule has 0 bridgehead atoms. The lowest BCUT2D eigenvalue weighted by Crippen LogP contribution is -2.03. The topological polar surface area (TPSA) is 81.1 Å². The summed E-state index contributed by atoms with van der Waals surface area (Å²) in [5, 5.41) is 9.07. The minimum absolute atomic E-state index is 0.278. The molecule has 4 rings (SSSR count). The number of carbonyl (C=O) groups is 1. The number of rotatable bonds is 4. The summed E-state index contributed by atoms with van der Waals surface area (Å²) < 4.78 is 2.12. The van der Waals surface area contributed by atoms with Gasteiger partial charge in [-0.25, -0.2) is 9.78 Å². The molecule has 0 unspecified atom stereocenters. The van der Waals surface area contributed by atoms with Crippen molar-refractivity contribution >= 4 is 22.7 Å². The lowest BCUT2D eigenvalue weighted by atomic mass is 10.1. The molecule has 4 aromatic rings. The maximum absolute atomic E-state index is 11.0. The van der Waals surface area contributed by atoms with Gasteiger partial charge in [0.05, 0.1) is 16.6 Å². The molecule has 26 heavy (non-hydrogen) atoms. The second kappa shape index (κ2) is 6.37. The average molecular weight is 343 g/mol. The number of carboxylic acids is 1. The van der Waals surface area contributed by atoms with Crippen molar-refractivity contribution in [2.75, 3.05) is 5.73 Å². The van der Waals surface area contributed by atoms with Crippen LogP contribution in [0, 0.1) is 0 Å². The molecule has 128 valence electrons. The zero-order valence-corrected chi connectivity index (χ0v) is 14.0. The number of nitrogens with zero attached hydrogens (tertiary/aromatic N) is 2. The van der Waals surface area contributed by atoms with Gasteiger partial charge in [-0.15, -0.1) is 0 Å². The van der Waals surface area contributed by atoms with Crippen molar-refractivity contribution in [2.24, 2.45) is 0 Å². The number of benzene rings is 3. The molecule has 0 aliphatic rings. The Morgan fingerprint density at radius 1 is 1.00 bits per heavy atom. The van der Waals surface area contributed by atoms with Crippen molar-refractivity contribution in [1.82, 2.24) is 9.55 Å². The summed E-state index contributed by atoms with van der Waals surface area (Å²) in [6.07, 6.45) is 0. The van der Waals surface area contributed by atoms with Crippen molar-refractivity contribution in [2.45, 2.75) is 6.54 Å². The van der Waals surface area contributed by atoms with Gasteiger partial charge in [-0.05, 0) is 42.0 Å². The van der Waals surface area contributed by atoms with Gasteiger partial charge in [-0.2, -0.15) is 0 Å². The summed E-state index contributed by atoms with van der Waals surface area (Å²) in [5.41, 5.74) is 10.8. The van der Waals surface area contributed by atoms with E-state index in [0.29, 0.717) is 12.2 Å². The van der Waals surface area contributed by atoms with Gasteiger partial charge < -0.3 is 15.4 Å². The van der Waals surface area contributed by atoms with Gasteiger partial charge in [0.1, 0.15) is 5.82 Å². The molecule has 1 aromatic heterocycles. The Morgan fingerprint density at radius 3 is 2.50 bits per heavy atom. The van der Waals surface area contributed by atoms with E-state index in [9.17, 15) is 4.79 Å². The number of fused-ring (bicyclic) bond motifs is 1. The first-order valence-corrected chi connectivity index (χ1v) is 8.25. The van der Waals surface area contributed by atoms with Crippen molar-refractivity contribution in [3.63, 3.8) is 0 Å². The van der Waals surface area contributed by atoms with Crippen molar-refractivity contribution in [3.05, 3.63) is 83.9 Å². The fourth-order valence-electron chi connectivity index (χ4n) is 3.07. The zero-order valence-electron chi connectivity index (χ0n) is 14.0. The number of imidazole rings is 1. The second-order valence-electron chi connectivity index (χ2n) is 6.14. The van der Waals surface area contributed by atoms with Gasteiger partial charge in [0.2, 0.25) is 0 Å². The van der Waals surface area contributed by atoms with E-state index < -0.39 is 5.97 Å². The van der Waals surface area contributed by atoms with Gasteiger partial charge >= 0.3 is 5.97 Å². The number of hydrogen-bond donors (Lipinski definition) is 2. The fraction of sp³-hybridized carbons (Fsp3) is 0.0476. The second-order valence-corrected chi connectivity index (χ2v) is 6.14. The van der Waals surface area contributed by atoms with Crippen LogP contribution in [0.3, 0.4) is 0 Å². The lowest BCUT2D eigenvalue weighted by Gasteiger charge is -2.10. The molecule has 0 radical (unpaired) electrons. The number of nitrogen functional groups attached to an aromatic ring is 1. The highest BCUT2D eigenvalue weighted by Crippen LogP contribution is 2.27. The average Bonchev–Trinajstić information content (AvgIpc) is 3.01. The molecule has 0 spiro atoms. The van der Waals surface area contributed by atoms with E-state index in [1.165, 1.54) is 0 Å². The van der Waals surface area contributed by atoms with Crippen LogP contribution >= 0.6 is 0 Å². The fourth-order valence-corrected chi connectivity index (χ4v) is 3.07. The zero-order chi connectivity index (χ0) is 18.1. The predicted octanol–water partition coefficient (Wildman–Crippen LogP) is 4.03. The van der Waals surface area contributed by atoms with Gasteiger partial charge in [0.25, 0.3) is 0 Å². The van der Waals surface area contributed by atoms with Crippen LogP contribution in [0.2, 0.25) is 0 Å². The normalized spacial score (nSPS) is 10.9. The number of nitrogens with two attached hydrogens (primary N) is 1. The summed E-state index contributed by atoms with van der Waals surface area (Å²) in [4.78, 5) is 15.8. The van der Waals surface area contributed by atoms with Gasteiger partial charge in [-0.3, -0.25) is 0 Å². The molecule has 0 aliphatic carbocycles. The highest BCUT2D eigenvalue weighted by molar-refractivity contribution is 5.87. The summed E-state index contributed by atoms with van der Waals surface area (Å²) in [6, 6.07) is 22.5. The third kappa shape index (κ3) is 2.91. The summed E-state index contributed by atoms with van der Waals surface area (Å²) in [5.74, 6) is -0.0918. The Kier molecular flexibility index (Phi) is 3.89. The van der Waals surface area contributed by atoms with E-state index in [1.54, 1.807) is 12.1 Å². The van der Waals surface area contributed by atoms with Gasteiger partial charge in [0.15, 0.2) is 0 Å². The smallest absolute Gasteiger partial charge is 0.335 e. The third-order valence-electron chi connectivity index (χ3n) is 4.34. The SMILES string of the molecule is Nc1cccc(-c2nc3ccccc3n2Cc2ccc(C(=O)O)cc2)c1. The van der Waals surface area contributed by atoms with E-state index in [2.05, 4.69) is 4.57 Å². The standard InChI is InChI=1S/C21H17N3O2/c22-17-5-3-4-16(12-17)20-23-18-6-1-2-7-19(18)24(20)13-14-8-10-15(11-9-14)21(25)26/h1-12H,13,22H2,(H,25,26). The molecule has 0 saturated carbocycles. The quantitative estimate of drug-likeness (QED) is 0.548. The molecule has 0 aliphatic heterocycles. The maximum Gasteiger partial charge on any atom is 0.335 e. The number of aromatic nitrogens is 2. The number of anilines is 1. The van der Waals surface area contributed by atoms with E-state index in [-0.39, 0.29) is 5.56 Å². The highest BCUT2D eigenvalue weighted by Gasteiger charge is 2.13. The van der Waals surface area contributed by atoms with Crippen LogP contribution in [0.5, 0.6) is 0 Å². The molecule has 0 atom stereocenters. The van der Waals surface area contributed by atoms with Crippen molar-refractivity contribution in [1.29, 1.82) is 0 Å². The highest BCUT2D eigenvalue weighted by atomic mass is 16.4. The molecule has 5 nitrogen and oxygen atoms in total. The Hall–Kier alpha value is -3.60. The largest absolute Gasteiger partial charge is 0.478 e. The number of carboxylic acid groups (broad SMARTS) is 1. The molecule has 3 aromatic carbocycles. The van der Waals surface area contributed by atoms with Crippen LogP contribution in [-0.4, -0.2) is 20.6 Å². The number of hydrogen-bond acceptors (Lipinski definition) is 3. The van der Waals surface area contributed by atoms with Crippen LogP contribution in [0.1, 0.15) is 15.9 Å². The molecule has 5 heteroatoms. The molecular formula is C21H17N3O2. The van der Waals surface area contributed by atoms with Crippen LogP contribution in [-0.2, 0) is 6.54 Å². The Morgan fingerprint density at radius 2 is 1.77 bits per heavy atom. The van der Waals surface area contributed by atoms with Crippen LogP contribution in [0.25, 0.3) is 22.4 Å². The summed E-state index contributed by atoms with van der Waals surface area (Å²) in [6.45, 7) is 0.588.